The van der Waals surface area contributed by atoms with Crippen LogP contribution >= 0.6 is 0 Å². The van der Waals surface area contributed by atoms with Crippen LogP contribution in [0, 0.1) is 29.4 Å². The number of ether oxygens (including phenoxy) is 3. The molecule has 2 aromatic carbocycles. The molecular weight excluding hydrogens is 592 g/mol. The fraction of sp³-hybridized carbons (Fsp3) is 0.457. The van der Waals surface area contributed by atoms with Crippen LogP contribution in [0.15, 0.2) is 24.3 Å². The Bertz CT molecular complexity index is 1930. The number of nitrogens with zero attached hydrogens (tertiary/aromatic N) is 5. The number of aromatic hydroxyl groups is 1. The number of morpholine rings is 1. The molecule has 238 valence electrons. The van der Waals surface area contributed by atoms with Gasteiger partial charge in [0.2, 0.25) is 5.88 Å². The maximum absolute atomic E-state index is 17.0. The van der Waals surface area contributed by atoms with E-state index in [-0.39, 0.29) is 62.9 Å². The molecule has 0 amide bonds. The number of rotatable bonds is 6. The number of methoxy groups -OCH3 is 1. The Labute approximate surface area is 265 Å². The zero-order chi connectivity index (χ0) is 31.7. The Balaban J connectivity index is 1.32. The summed E-state index contributed by atoms with van der Waals surface area (Å²) in [7, 11) is 3.63. The van der Waals surface area contributed by atoms with E-state index in [0.29, 0.717) is 42.4 Å². The van der Waals surface area contributed by atoms with Crippen molar-refractivity contribution in [1.82, 2.24) is 19.9 Å². The number of aromatic nitrogens is 3. The molecule has 1 N–H and O–H groups in total. The average molecular weight is 628 g/mol. The molecule has 8 rings (SSSR count). The first-order valence-electron chi connectivity index (χ1n) is 15.9. The summed E-state index contributed by atoms with van der Waals surface area (Å²) >= 11 is 0. The number of hydrogen-bond acceptors (Lipinski definition) is 9. The summed E-state index contributed by atoms with van der Waals surface area (Å²) in [4.78, 5) is 18.7. The van der Waals surface area contributed by atoms with Crippen LogP contribution in [0.4, 0.5) is 14.6 Å². The molecule has 46 heavy (non-hydrogen) atoms. The van der Waals surface area contributed by atoms with Crippen molar-refractivity contribution in [3.63, 3.8) is 0 Å². The standard InChI is InChI=1S/C35H35F2N5O4/c1-4-21-23(36)9-8-19-15-20(43)16-22(27(19)21)30-29(37)31-28(33(38-30)44-3)32(42-13-14-45-25-17-24(25)42)40-34(39-31)46-18-35-10-5-7-26(35)41(2)12-6-11-35/h1,8-9,15-16,24-26,43H,5-7,10-14,17-18H2,2-3H3/t24?,25?,26-,35-/m1/s1. The summed E-state index contributed by atoms with van der Waals surface area (Å²) in [6, 6.07) is 6.08. The molecule has 0 bridgehead atoms. The zero-order valence-electron chi connectivity index (χ0n) is 25.9. The fourth-order valence-electron chi connectivity index (χ4n) is 8.24. The highest BCUT2D eigenvalue weighted by atomic mass is 19.1. The van der Waals surface area contributed by atoms with Gasteiger partial charge >= 0.3 is 6.01 Å². The smallest absolute Gasteiger partial charge is 0.319 e. The van der Waals surface area contributed by atoms with Gasteiger partial charge in [-0.25, -0.2) is 13.8 Å². The van der Waals surface area contributed by atoms with E-state index in [1.54, 1.807) is 0 Å². The molecule has 4 aromatic rings. The lowest BCUT2D eigenvalue weighted by molar-refractivity contribution is 0.0133. The normalized spacial score (nSPS) is 25.7. The van der Waals surface area contributed by atoms with E-state index in [1.165, 1.54) is 31.4 Å². The van der Waals surface area contributed by atoms with Gasteiger partial charge in [0.05, 0.1) is 38.0 Å². The number of halogens is 2. The predicted molar refractivity (Wildman–Crippen MR) is 169 cm³/mol. The lowest BCUT2D eigenvalue weighted by Gasteiger charge is -2.44. The third kappa shape index (κ3) is 4.53. The van der Waals surface area contributed by atoms with Crippen molar-refractivity contribution in [2.24, 2.45) is 5.41 Å². The number of pyridine rings is 1. The van der Waals surface area contributed by atoms with Crippen LogP contribution in [0.1, 0.15) is 44.1 Å². The van der Waals surface area contributed by atoms with E-state index in [4.69, 9.17) is 25.6 Å². The molecule has 4 heterocycles. The first-order chi connectivity index (χ1) is 22.3. The van der Waals surface area contributed by atoms with Crippen LogP contribution in [0.5, 0.6) is 17.6 Å². The number of anilines is 1. The first kappa shape index (κ1) is 29.2. The Hall–Kier alpha value is -4.27. The number of likely N-dealkylation sites (tertiary alicyclic amines) is 1. The van der Waals surface area contributed by atoms with Crippen LogP contribution in [0.2, 0.25) is 0 Å². The van der Waals surface area contributed by atoms with E-state index < -0.39 is 11.6 Å². The number of fused-ring (bicyclic) bond motifs is 4. The van der Waals surface area contributed by atoms with Crippen molar-refractivity contribution in [3.8, 4) is 41.2 Å². The second kappa shape index (κ2) is 10.9. The number of piperidine rings is 1. The molecule has 2 saturated carbocycles. The van der Waals surface area contributed by atoms with Gasteiger partial charge in [0.1, 0.15) is 34.0 Å². The number of benzene rings is 2. The van der Waals surface area contributed by atoms with E-state index in [9.17, 15) is 9.50 Å². The highest BCUT2D eigenvalue weighted by Gasteiger charge is 2.49. The largest absolute Gasteiger partial charge is 0.508 e. The third-order valence-electron chi connectivity index (χ3n) is 10.5. The topological polar surface area (TPSA) is 93.1 Å². The third-order valence-corrected chi connectivity index (χ3v) is 10.5. The van der Waals surface area contributed by atoms with E-state index >= 15 is 4.39 Å². The summed E-state index contributed by atoms with van der Waals surface area (Å²) in [6.45, 7) is 2.56. The quantitative estimate of drug-likeness (QED) is 0.281. The summed E-state index contributed by atoms with van der Waals surface area (Å²) in [5.41, 5.74) is -0.174. The number of terminal acetylenes is 1. The van der Waals surface area contributed by atoms with E-state index in [1.807, 2.05) is 0 Å². The molecule has 4 atom stereocenters. The zero-order valence-corrected chi connectivity index (χ0v) is 25.9. The van der Waals surface area contributed by atoms with Gasteiger partial charge in [-0.2, -0.15) is 9.97 Å². The van der Waals surface area contributed by atoms with Crippen LogP contribution in [-0.2, 0) is 4.74 Å². The van der Waals surface area contributed by atoms with Gasteiger partial charge in [0.25, 0.3) is 0 Å². The van der Waals surface area contributed by atoms with Crippen molar-refractivity contribution in [2.45, 2.75) is 56.7 Å². The molecule has 9 nitrogen and oxygen atoms in total. The van der Waals surface area contributed by atoms with Gasteiger partial charge in [0, 0.05) is 29.0 Å². The molecular formula is C35H35F2N5O4. The number of phenolic OH excluding ortho intramolecular Hbond substituents is 1. The van der Waals surface area contributed by atoms with Crippen molar-refractivity contribution in [1.29, 1.82) is 0 Å². The minimum Gasteiger partial charge on any atom is -0.508 e. The second-order valence-electron chi connectivity index (χ2n) is 13.0. The Morgan fingerprint density at radius 1 is 1.13 bits per heavy atom. The Kier molecular flexibility index (Phi) is 6.92. The monoisotopic (exact) mass is 627 g/mol. The minimum atomic E-state index is -0.779. The first-order valence-corrected chi connectivity index (χ1v) is 15.9. The van der Waals surface area contributed by atoms with Gasteiger partial charge < -0.3 is 29.1 Å². The highest BCUT2D eigenvalue weighted by Crippen LogP contribution is 2.48. The van der Waals surface area contributed by atoms with Crippen LogP contribution < -0.4 is 14.4 Å². The lowest BCUT2D eigenvalue weighted by Crippen LogP contribution is -2.50. The van der Waals surface area contributed by atoms with Gasteiger partial charge in [-0.3, -0.25) is 0 Å². The Morgan fingerprint density at radius 3 is 2.80 bits per heavy atom. The number of phenols is 1. The van der Waals surface area contributed by atoms with Gasteiger partial charge in [-0.05, 0) is 69.3 Å². The molecule has 0 radical (unpaired) electrons. The molecule has 11 heteroatoms. The summed E-state index contributed by atoms with van der Waals surface area (Å²) in [5.74, 6) is 1.38. The maximum Gasteiger partial charge on any atom is 0.319 e. The van der Waals surface area contributed by atoms with Crippen molar-refractivity contribution >= 4 is 27.5 Å². The van der Waals surface area contributed by atoms with E-state index in [0.717, 1.165) is 45.1 Å². The summed E-state index contributed by atoms with van der Waals surface area (Å²) in [6.07, 6.45) is 12.1. The molecule has 0 spiro atoms. The van der Waals surface area contributed by atoms with E-state index in [2.05, 4.69) is 32.7 Å². The predicted octanol–water partition coefficient (Wildman–Crippen LogP) is 5.44. The Morgan fingerprint density at radius 2 is 1.98 bits per heavy atom. The van der Waals surface area contributed by atoms with Crippen molar-refractivity contribution in [3.05, 3.63) is 41.5 Å². The van der Waals surface area contributed by atoms with Gasteiger partial charge in [-0.1, -0.05) is 18.4 Å². The summed E-state index contributed by atoms with van der Waals surface area (Å²) < 4.78 is 50.0. The molecule has 2 unspecified atom stereocenters. The van der Waals surface area contributed by atoms with Crippen molar-refractivity contribution in [2.75, 3.05) is 45.4 Å². The SMILES string of the molecule is C#Cc1c(F)ccc2cc(O)cc(-c3nc(OC)c4c(N5CCOC6CC65)nc(OC[C@]56CCC[C@H]5N(C)CCC6)nc4c3F)c12. The van der Waals surface area contributed by atoms with Crippen molar-refractivity contribution < 1.29 is 28.1 Å². The molecule has 2 aliphatic carbocycles. The summed E-state index contributed by atoms with van der Waals surface area (Å²) in [5, 5.41) is 11.6. The molecule has 4 fully saturated rings. The highest BCUT2D eigenvalue weighted by molar-refractivity contribution is 6.04. The molecule has 2 aromatic heterocycles. The van der Waals surface area contributed by atoms with Gasteiger partial charge in [-0.15, -0.1) is 6.42 Å². The minimum absolute atomic E-state index is 0.0121. The average Bonchev–Trinajstić information content (AvgIpc) is 3.73. The van der Waals surface area contributed by atoms with Crippen LogP contribution in [0.25, 0.3) is 32.9 Å². The lowest BCUT2D eigenvalue weighted by atomic mass is 9.76. The molecule has 4 aliphatic rings. The fourth-order valence-corrected chi connectivity index (χ4v) is 8.24. The van der Waals surface area contributed by atoms with Crippen LogP contribution in [-0.4, -0.2) is 83.6 Å². The van der Waals surface area contributed by atoms with Gasteiger partial charge in [0.15, 0.2) is 5.82 Å². The molecule has 2 aliphatic heterocycles. The maximum atomic E-state index is 17.0. The van der Waals surface area contributed by atoms with Crippen LogP contribution in [0.3, 0.4) is 0 Å². The number of hydrogen-bond donors (Lipinski definition) is 1. The second-order valence-corrected chi connectivity index (χ2v) is 13.0. The molecule has 2 saturated heterocycles.